The third kappa shape index (κ3) is 2.35. The fourth-order valence-electron chi connectivity index (χ4n) is 1.58. The van der Waals surface area contributed by atoms with Gasteiger partial charge in [-0.15, -0.1) is 11.3 Å². The summed E-state index contributed by atoms with van der Waals surface area (Å²) >= 11 is 1.68. The average Bonchev–Trinajstić information content (AvgIpc) is 2.50. The van der Waals surface area contributed by atoms with Gasteiger partial charge in [-0.2, -0.15) is 0 Å². The van der Waals surface area contributed by atoms with E-state index in [0.717, 1.165) is 23.8 Å². The molecule has 2 heterocycles. The van der Waals surface area contributed by atoms with Gasteiger partial charge < -0.3 is 10.2 Å². The summed E-state index contributed by atoms with van der Waals surface area (Å²) in [6, 6.07) is 0. The summed E-state index contributed by atoms with van der Waals surface area (Å²) in [5, 5.41) is 4.10. The van der Waals surface area contributed by atoms with E-state index in [1.807, 2.05) is 11.8 Å². The van der Waals surface area contributed by atoms with Crippen molar-refractivity contribution >= 4 is 17.2 Å². The molecule has 1 aliphatic heterocycles. The molecule has 5 heteroatoms. The molecule has 4 nitrogen and oxygen atoms in total. The van der Waals surface area contributed by atoms with Crippen LogP contribution in [0.15, 0.2) is 0 Å². The van der Waals surface area contributed by atoms with Crippen molar-refractivity contribution in [2.45, 2.75) is 20.4 Å². The SMILES string of the molecule is Cc1nc(CN2CCNCC2=O)sc1C. The van der Waals surface area contributed by atoms with Gasteiger partial charge in [-0.3, -0.25) is 4.79 Å². The maximum absolute atomic E-state index is 11.5. The summed E-state index contributed by atoms with van der Waals surface area (Å²) in [5.74, 6) is 0.173. The van der Waals surface area contributed by atoms with Crippen molar-refractivity contribution in [3.8, 4) is 0 Å². The average molecular weight is 225 g/mol. The van der Waals surface area contributed by atoms with Crippen molar-refractivity contribution in [3.05, 3.63) is 15.6 Å². The van der Waals surface area contributed by atoms with Crippen LogP contribution in [0.5, 0.6) is 0 Å². The van der Waals surface area contributed by atoms with Crippen LogP contribution in [0.2, 0.25) is 0 Å². The fourth-order valence-corrected chi connectivity index (χ4v) is 2.53. The van der Waals surface area contributed by atoms with Crippen LogP contribution in [0.3, 0.4) is 0 Å². The molecular formula is C10H15N3OS. The highest BCUT2D eigenvalue weighted by atomic mass is 32.1. The lowest BCUT2D eigenvalue weighted by atomic mass is 10.3. The largest absolute Gasteiger partial charge is 0.334 e. The first-order valence-electron chi connectivity index (χ1n) is 5.08. The molecule has 0 saturated carbocycles. The number of nitrogens with one attached hydrogen (secondary N) is 1. The maximum atomic E-state index is 11.5. The molecule has 1 amide bonds. The molecule has 2 rings (SSSR count). The molecule has 1 aliphatic rings. The Morgan fingerprint density at radius 2 is 2.33 bits per heavy atom. The molecule has 15 heavy (non-hydrogen) atoms. The van der Waals surface area contributed by atoms with Gasteiger partial charge in [0.1, 0.15) is 5.01 Å². The highest BCUT2D eigenvalue weighted by Crippen LogP contribution is 2.18. The van der Waals surface area contributed by atoms with Gasteiger partial charge in [0.2, 0.25) is 5.91 Å². The lowest BCUT2D eigenvalue weighted by Gasteiger charge is -2.26. The Kier molecular flexibility index (Phi) is 3.02. The number of carbonyl (C=O) groups excluding carboxylic acids is 1. The molecule has 1 aromatic rings. The van der Waals surface area contributed by atoms with Gasteiger partial charge in [0, 0.05) is 18.0 Å². The molecule has 1 fully saturated rings. The van der Waals surface area contributed by atoms with Crippen molar-refractivity contribution in [1.82, 2.24) is 15.2 Å². The summed E-state index contributed by atoms with van der Waals surface area (Å²) in [6.45, 7) is 6.87. The van der Waals surface area contributed by atoms with E-state index in [1.54, 1.807) is 11.3 Å². The topological polar surface area (TPSA) is 45.2 Å². The van der Waals surface area contributed by atoms with Crippen LogP contribution in [0.4, 0.5) is 0 Å². The summed E-state index contributed by atoms with van der Waals surface area (Å²) in [6.07, 6.45) is 0. The lowest BCUT2D eigenvalue weighted by molar-refractivity contribution is -0.132. The Hall–Kier alpha value is -0.940. The number of hydrogen-bond acceptors (Lipinski definition) is 4. The number of amides is 1. The monoisotopic (exact) mass is 225 g/mol. The molecule has 0 unspecified atom stereocenters. The molecule has 0 aromatic carbocycles. The summed E-state index contributed by atoms with van der Waals surface area (Å²) < 4.78 is 0. The molecule has 0 radical (unpaired) electrons. The van der Waals surface area contributed by atoms with Gasteiger partial charge in [-0.25, -0.2) is 4.98 Å². The minimum Gasteiger partial charge on any atom is -0.334 e. The van der Waals surface area contributed by atoms with Crippen molar-refractivity contribution in [2.75, 3.05) is 19.6 Å². The van der Waals surface area contributed by atoms with E-state index in [9.17, 15) is 4.79 Å². The highest BCUT2D eigenvalue weighted by Gasteiger charge is 2.18. The molecule has 0 aliphatic carbocycles. The molecular weight excluding hydrogens is 210 g/mol. The van der Waals surface area contributed by atoms with Crippen molar-refractivity contribution < 1.29 is 4.79 Å². The smallest absolute Gasteiger partial charge is 0.236 e. The second-order valence-corrected chi connectivity index (χ2v) is 5.03. The lowest BCUT2D eigenvalue weighted by Crippen LogP contribution is -2.47. The van der Waals surface area contributed by atoms with E-state index in [-0.39, 0.29) is 5.91 Å². The van der Waals surface area contributed by atoms with E-state index in [4.69, 9.17) is 0 Å². The van der Waals surface area contributed by atoms with E-state index >= 15 is 0 Å². The van der Waals surface area contributed by atoms with E-state index in [1.165, 1.54) is 4.88 Å². The summed E-state index contributed by atoms with van der Waals surface area (Å²) in [7, 11) is 0. The van der Waals surface area contributed by atoms with Gasteiger partial charge in [0.15, 0.2) is 0 Å². The first kappa shape index (κ1) is 10.6. The zero-order valence-corrected chi connectivity index (χ0v) is 9.86. The molecule has 82 valence electrons. The second kappa shape index (κ2) is 4.28. The first-order valence-corrected chi connectivity index (χ1v) is 5.90. The zero-order valence-electron chi connectivity index (χ0n) is 9.04. The first-order chi connectivity index (χ1) is 7.16. The Bertz CT molecular complexity index is 355. The quantitative estimate of drug-likeness (QED) is 0.805. The summed E-state index contributed by atoms with van der Waals surface area (Å²) in [4.78, 5) is 19.1. The van der Waals surface area contributed by atoms with Crippen LogP contribution in [-0.2, 0) is 11.3 Å². The Labute approximate surface area is 93.3 Å². The van der Waals surface area contributed by atoms with Crippen molar-refractivity contribution in [3.63, 3.8) is 0 Å². The molecule has 0 atom stereocenters. The molecule has 1 aromatic heterocycles. The highest BCUT2D eigenvalue weighted by molar-refractivity contribution is 7.11. The molecule has 0 bridgehead atoms. The number of aromatic nitrogens is 1. The summed E-state index contributed by atoms with van der Waals surface area (Å²) in [5.41, 5.74) is 1.08. The van der Waals surface area contributed by atoms with Crippen molar-refractivity contribution in [1.29, 1.82) is 0 Å². The third-order valence-corrected chi connectivity index (χ3v) is 3.64. The Morgan fingerprint density at radius 3 is 2.93 bits per heavy atom. The minimum absolute atomic E-state index is 0.173. The van der Waals surface area contributed by atoms with E-state index in [2.05, 4.69) is 17.2 Å². The minimum atomic E-state index is 0.173. The third-order valence-electron chi connectivity index (χ3n) is 2.59. The molecule has 1 N–H and O–H groups in total. The van der Waals surface area contributed by atoms with Gasteiger partial charge in [-0.1, -0.05) is 0 Å². The predicted octanol–water partition coefficient (Wildman–Crippen LogP) is 0.692. The van der Waals surface area contributed by atoms with Crippen molar-refractivity contribution in [2.24, 2.45) is 0 Å². The van der Waals surface area contributed by atoms with Gasteiger partial charge in [-0.05, 0) is 13.8 Å². The van der Waals surface area contributed by atoms with E-state index in [0.29, 0.717) is 13.1 Å². The van der Waals surface area contributed by atoms with Crippen LogP contribution in [0.1, 0.15) is 15.6 Å². The Morgan fingerprint density at radius 1 is 1.53 bits per heavy atom. The molecule has 0 spiro atoms. The number of piperazine rings is 1. The number of carbonyl (C=O) groups is 1. The second-order valence-electron chi connectivity index (χ2n) is 3.74. The zero-order chi connectivity index (χ0) is 10.8. The van der Waals surface area contributed by atoms with Crippen LogP contribution < -0.4 is 5.32 Å². The van der Waals surface area contributed by atoms with Gasteiger partial charge >= 0.3 is 0 Å². The van der Waals surface area contributed by atoms with Crippen LogP contribution >= 0.6 is 11.3 Å². The van der Waals surface area contributed by atoms with Gasteiger partial charge in [0.25, 0.3) is 0 Å². The van der Waals surface area contributed by atoms with Gasteiger partial charge in [0.05, 0.1) is 18.8 Å². The number of nitrogens with zero attached hydrogens (tertiary/aromatic N) is 2. The fraction of sp³-hybridized carbons (Fsp3) is 0.600. The van der Waals surface area contributed by atoms with E-state index < -0.39 is 0 Å². The molecule has 1 saturated heterocycles. The normalized spacial score (nSPS) is 17.2. The van der Waals surface area contributed by atoms with Crippen LogP contribution in [0, 0.1) is 13.8 Å². The predicted molar refractivity (Wildman–Crippen MR) is 59.9 cm³/mol. The van der Waals surface area contributed by atoms with Crippen LogP contribution in [-0.4, -0.2) is 35.4 Å². The number of rotatable bonds is 2. The number of aryl methyl sites for hydroxylation is 2. The standard InChI is InChI=1S/C10H15N3OS/c1-7-8(2)15-9(12-7)6-13-4-3-11-5-10(13)14/h11H,3-6H2,1-2H3. The maximum Gasteiger partial charge on any atom is 0.236 e. The Balaban J connectivity index is 2.04. The number of thiazole rings is 1. The van der Waals surface area contributed by atoms with Crippen LogP contribution in [0.25, 0.3) is 0 Å². The number of hydrogen-bond donors (Lipinski definition) is 1.